The molecular formula is C18H23NO4. The molecule has 0 bridgehead atoms. The fraction of sp³-hybridized carbons (Fsp3) is 0.611. The molecule has 3 atom stereocenters. The number of esters is 1. The third-order valence-electron chi connectivity index (χ3n) is 5.39. The highest BCUT2D eigenvalue weighted by Crippen LogP contribution is 2.41. The van der Waals surface area contributed by atoms with Crippen molar-refractivity contribution in [2.75, 3.05) is 0 Å². The van der Waals surface area contributed by atoms with E-state index in [0.717, 1.165) is 25.2 Å². The zero-order valence-corrected chi connectivity index (χ0v) is 13.5. The van der Waals surface area contributed by atoms with Crippen LogP contribution in [-0.2, 0) is 4.74 Å². The maximum absolute atomic E-state index is 12.3. The van der Waals surface area contributed by atoms with Gasteiger partial charge in [-0.05, 0) is 50.2 Å². The zero-order valence-electron chi connectivity index (χ0n) is 13.5. The van der Waals surface area contributed by atoms with Gasteiger partial charge >= 0.3 is 5.97 Å². The van der Waals surface area contributed by atoms with Crippen molar-refractivity contribution in [3.63, 3.8) is 0 Å². The van der Waals surface area contributed by atoms with Crippen molar-refractivity contribution in [1.82, 2.24) is 0 Å². The van der Waals surface area contributed by atoms with Crippen molar-refractivity contribution in [3.8, 4) is 0 Å². The van der Waals surface area contributed by atoms with Crippen LogP contribution in [-0.4, -0.2) is 17.0 Å². The van der Waals surface area contributed by atoms with Crippen LogP contribution in [0.2, 0.25) is 0 Å². The van der Waals surface area contributed by atoms with Crippen molar-refractivity contribution in [1.29, 1.82) is 0 Å². The minimum absolute atomic E-state index is 0.00246. The molecule has 0 amide bonds. The third-order valence-corrected chi connectivity index (χ3v) is 5.39. The third kappa shape index (κ3) is 3.54. The van der Waals surface area contributed by atoms with Gasteiger partial charge in [0.05, 0.1) is 10.5 Å². The number of fused-ring (bicyclic) bond motifs is 1. The molecule has 0 radical (unpaired) electrons. The Morgan fingerprint density at radius 1 is 1.17 bits per heavy atom. The quantitative estimate of drug-likeness (QED) is 0.470. The second kappa shape index (κ2) is 6.69. The second-order valence-electron chi connectivity index (χ2n) is 6.90. The summed E-state index contributed by atoms with van der Waals surface area (Å²) in [5.41, 5.74) is 0.920. The number of carbonyl (C=O) groups excluding carboxylic acids is 1. The molecule has 23 heavy (non-hydrogen) atoms. The summed E-state index contributed by atoms with van der Waals surface area (Å²) in [6.45, 7) is 1.64. The largest absolute Gasteiger partial charge is 0.459 e. The molecule has 1 aromatic carbocycles. The maximum Gasteiger partial charge on any atom is 0.338 e. The van der Waals surface area contributed by atoms with E-state index in [-0.39, 0.29) is 17.8 Å². The van der Waals surface area contributed by atoms with Gasteiger partial charge in [0.1, 0.15) is 6.10 Å². The summed E-state index contributed by atoms with van der Waals surface area (Å²) < 4.78 is 5.67. The number of hydrogen-bond donors (Lipinski definition) is 0. The molecule has 5 heteroatoms. The summed E-state index contributed by atoms with van der Waals surface area (Å²) in [6, 6.07) is 4.41. The van der Waals surface area contributed by atoms with E-state index in [1.807, 2.05) is 0 Å². The molecule has 0 N–H and O–H groups in total. The number of aryl methyl sites for hydroxylation is 1. The van der Waals surface area contributed by atoms with Crippen molar-refractivity contribution in [3.05, 3.63) is 39.4 Å². The molecule has 0 aliphatic heterocycles. The fourth-order valence-electron chi connectivity index (χ4n) is 4.14. The first-order valence-corrected chi connectivity index (χ1v) is 8.50. The molecule has 2 fully saturated rings. The lowest BCUT2D eigenvalue weighted by molar-refractivity contribution is -0.385. The number of benzene rings is 1. The maximum atomic E-state index is 12.3. The molecule has 5 nitrogen and oxygen atoms in total. The molecule has 3 rings (SSSR count). The Labute approximate surface area is 136 Å². The summed E-state index contributed by atoms with van der Waals surface area (Å²) in [6.07, 6.45) is 8.29. The summed E-state index contributed by atoms with van der Waals surface area (Å²) in [4.78, 5) is 22.7. The van der Waals surface area contributed by atoms with Gasteiger partial charge < -0.3 is 4.74 Å². The Kier molecular flexibility index (Phi) is 4.64. The van der Waals surface area contributed by atoms with Gasteiger partial charge in [0, 0.05) is 11.6 Å². The van der Waals surface area contributed by atoms with Gasteiger partial charge in [-0.2, -0.15) is 0 Å². The van der Waals surface area contributed by atoms with Crippen molar-refractivity contribution in [2.45, 2.75) is 58.0 Å². The van der Waals surface area contributed by atoms with Crippen molar-refractivity contribution in [2.24, 2.45) is 11.8 Å². The van der Waals surface area contributed by atoms with E-state index < -0.39 is 4.92 Å². The van der Waals surface area contributed by atoms with E-state index in [9.17, 15) is 14.9 Å². The standard InChI is InChI=1S/C18H23NO4/c1-12-10-15(7-9-17(12)19(21)22)18(20)23-16-8-6-13-4-2-3-5-14(13)11-16/h7,9-10,13-14,16H,2-6,8,11H2,1H3. The van der Waals surface area contributed by atoms with E-state index >= 15 is 0 Å². The monoisotopic (exact) mass is 317 g/mol. The lowest BCUT2D eigenvalue weighted by Gasteiger charge is -2.38. The number of ether oxygens (including phenoxy) is 1. The van der Waals surface area contributed by atoms with Crippen LogP contribution in [0.25, 0.3) is 0 Å². The summed E-state index contributed by atoms with van der Waals surface area (Å²) in [5.74, 6) is 1.16. The molecule has 0 saturated heterocycles. The van der Waals surface area contributed by atoms with E-state index in [0.29, 0.717) is 17.0 Å². The first-order chi connectivity index (χ1) is 11.0. The topological polar surface area (TPSA) is 69.4 Å². The fourth-order valence-corrected chi connectivity index (χ4v) is 4.14. The lowest BCUT2D eigenvalue weighted by Crippen LogP contribution is -2.33. The number of hydrogen-bond acceptors (Lipinski definition) is 4. The average molecular weight is 317 g/mol. The minimum Gasteiger partial charge on any atom is -0.459 e. The second-order valence-corrected chi connectivity index (χ2v) is 6.90. The molecule has 3 unspecified atom stereocenters. The molecule has 0 spiro atoms. The summed E-state index contributed by atoms with van der Waals surface area (Å²) >= 11 is 0. The number of nitrogens with zero attached hydrogens (tertiary/aromatic N) is 1. The highest BCUT2D eigenvalue weighted by molar-refractivity contribution is 5.90. The van der Waals surface area contributed by atoms with Gasteiger partial charge in [-0.1, -0.05) is 25.7 Å². The van der Waals surface area contributed by atoms with Crippen LogP contribution in [0.4, 0.5) is 5.69 Å². The van der Waals surface area contributed by atoms with Crippen LogP contribution < -0.4 is 0 Å². The van der Waals surface area contributed by atoms with Gasteiger partial charge in [-0.15, -0.1) is 0 Å². The van der Waals surface area contributed by atoms with Crippen LogP contribution in [0.15, 0.2) is 18.2 Å². The highest BCUT2D eigenvalue weighted by Gasteiger charge is 2.33. The Morgan fingerprint density at radius 3 is 2.61 bits per heavy atom. The summed E-state index contributed by atoms with van der Waals surface area (Å²) in [7, 11) is 0. The smallest absolute Gasteiger partial charge is 0.338 e. The highest BCUT2D eigenvalue weighted by atomic mass is 16.6. The molecule has 0 aromatic heterocycles. The molecule has 2 saturated carbocycles. The molecular weight excluding hydrogens is 294 g/mol. The van der Waals surface area contributed by atoms with E-state index in [1.165, 1.54) is 37.8 Å². The van der Waals surface area contributed by atoms with Gasteiger partial charge in [0.15, 0.2) is 0 Å². The first-order valence-electron chi connectivity index (χ1n) is 8.50. The molecule has 2 aliphatic rings. The number of carbonyl (C=O) groups is 1. The Balaban J connectivity index is 1.63. The minimum atomic E-state index is -0.436. The van der Waals surface area contributed by atoms with Crippen LogP contribution in [0.5, 0.6) is 0 Å². The Bertz CT molecular complexity index is 613. The SMILES string of the molecule is Cc1cc(C(=O)OC2CCC3CCCCC3C2)ccc1[N+](=O)[O-]. The predicted octanol–water partition coefficient (Wildman–Crippen LogP) is 4.42. The van der Waals surface area contributed by atoms with Crippen molar-refractivity contribution >= 4 is 11.7 Å². The summed E-state index contributed by atoms with van der Waals surface area (Å²) in [5, 5.41) is 10.8. The lowest BCUT2D eigenvalue weighted by atomic mass is 9.70. The van der Waals surface area contributed by atoms with Gasteiger partial charge in [0.25, 0.3) is 5.69 Å². The van der Waals surface area contributed by atoms with E-state index in [1.54, 1.807) is 13.0 Å². The molecule has 0 heterocycles. The number of rotatable bonds is 3. The van der Waals surface area contributed by atoms with Crippen LogP contribution in [0.3, 0.4) is 0 Å². The average Bonchev–Trinajstić information content (AvgIpc) is 2.54. The Hall–Kier alpha value is -1.91. The van der Waals surface area contributed by atoms with E-state index in [4.69, 9.17) is 4.74 Å². The van der Waals surface area contributed by atoms with Gasteiger partial charge in [0.2, 0.25) is 0 Å². The predicted molar refractivity (Wildman–Crippen MR) is 86.3 cm³/mol. The molecule has 1 aromatic rings. The van der Waals surface area contributed by atoms with Crippen LogP contribution >= 0.6 is 0 Å². The number of nitro benzene ring substituents is 1. The Morgan fingerprint density at radius 2 is 1.91 bits per heavy atom. The van der Waals surface area contributed by atoms with Crippen LogP contribution in [0.1, 0.15) is 60.9 Å². The van der Waals surface area contributed by atoms with E-state index in [2.05, 4.69) is 0 Å². The van der Waals surface area contributed by atoms with Crippen molar-refractivity contribution < 1.29 is 14.5 Å². The normalized spacial score (nSPS) is 27.1. The molecule has 2 aliphatic carbocycles. The van der Waals surface area contributed by atoms with Crippen LogP contribution in [0, 0.1) is 28.9 Å². The van der Waals surface area contributed by atoms with Gasteiger partial charge in [-0.3, -0.25) is 10.1 Å². The first kappa shape index (κ1) is 16.0. The number of nitro groups is 1. The zero-order chi connectivity index (χ0) is 16.4. The van der Waals surface area contributed by atoms with Gasteiger partial charge in [-0.25, -0.2) is 4.79 Å². The molecule has 124 valence electrons.